The Hall–Kier alpha value is -2.49. The Morgan fingerprint density at radius 2 is 1.71 bits per heavy atom. The highest BCUT2D eigenvalue weighted by atomic mass is 16.5. The van der Waals surface area contributed by atoms with Crippen molar-refractivity contribution in [2.24, 2.45) is 4.99 Å². The van der Waals surface area contributed by atoms with Crippen molar-refractivity contribution in [3.05, 3.63) is 53.1 Å². The van der Waals surface area contributed by atoms with Crippen LogP contribution in [0.2, 0.25) is 0 Å². The summed E-state index contributed by atoms with van der Waals surface area (Å²) in [6.07, 6.45) is 0.854. The van der Waals surface area contributed by atoms with Gasteiger partial charge in [-0.15, -0.1) is 0 Å². The van der Waals surface area contributed by atoms with Crippen LogP contribution in [0.5, 0.6) is 17.2 Å². The molecule has 0 aromatic heterocycles. The first-order valence-electron chi connectivity index (χ1n) is 6.82. The summed E-state index contributed by atoms with van der Waals surface area (Å²) in [4.78, 5) is 4.59. The van der Waals surface area contributed by atoms with E-state index in [-0.39, 0.29) is 5.75 Å². The Kier molecular flexibility index (Phi) is 3.52. The van der Waals surface area contributed by atoms with Crippen LogP contribution in [0.4, 0.5) is 0 Å². The lowest BCUT2D eigenvalue weighted by molar-refractivity contribution is 0.354. The van der Waals surface area contributed by atoms with Gasteiger partial charge in [0.1, 0.15) is 5.75 Å². The van der Waals surface area contributed by atoms with Gasteiger partial charge in [0.2, 0.25) is 0 Å². The highest BCUT2D eigenvalue weighted by molar-refractivity contribution is 6.16. The van der Waals surface area contributed by atoms with Crippen LogP contribution in [-0.2, 0) is 6.42 Å². The predicted molar refractivity (Wildman–Crippen MR) is 81.9 cm³/mol. The second-order valence-corrected chi connectivity index (χ2v) is 4.86. The average molecular weight is 283 g/mol. The maximum absolute atomic E-state index is 10.1. The van der Waals surface area contributed by atoms with Crippen molar-refractivity contribution in [1.29, 1.82) is 0 Å². The summed E-state index contributed by atoms with van der Waals surface area (Å²) >= 11 is 0. The molecule has 2 aromatic carbocycles. The average Bonchev–Trinajstić information content (AvgIpc) is 2.53. The minimum atomic E-state index is 0.235. The van der Waals surface area contributed by atoms with Gasteiger partial charge in [0.25, 0.3) is 0 Å². The molecule has 108 valence electrons. The van der Waals surface area contributed by atoms with Crippen molar-refractivity contribution >= 4 is 5.71 Å². The first kappa shape index (κ1) is 13.5. The maximum Gasteiger partial charge on any atom is 0.161 e. The lowest BCUT2D eigenvalue weighted by atomic mass is 9.92. The van der Waals surface area contributed by atoms with Gasteiger partial charge in [-0.3, -0.25) is 4.99 Å². The van der Waals surface area contributed by atoms with E-state index in [4.69, 9.17) is 9.47 Å². The van der Waals surface area contributed by atoms with E-state index in [1.807, 2.05) is 24.3 Å². The smallest absolute Gasteiger partial charge is 0.161 e. The van der Waals surface area contributed by atoms with E-state index in [1.54, 1.807) is 26.4 Å². The zero-order valence-electron chi connectivity index (χ0n) is 12.1. The molecule has 0 aliphatic carbocycles. The molecule has 4 heteroatoms. The number of aliphatic imine (C=N–C) groups is 1. The molecule has 0 amide bonds. The minimum absolute atomic E-state index is 0.235. The summed E-state index contributed by atoms with van der Waals surface area (Å²) < 4.78 is 10.7. The highest BCUT2D eigenvalue weighted by Crippen LogP contribution is 2.34. The maximum atomic E-state index is 10.1. The Morgan fingerprint density at radius 1 is 1.00 bits per heavy atom. The summed E-state index contributed by atoms with van der Waals surface area (Å²) in [5.74, 6) is 1.62. The van der Waals surface area contributed by atoms with Crippen molar-refractivity contribution in [3.8, 4) is 17.2 Å². The fourth-order valence-corrected chi connectivity index (χ4v) is 2.63. The number of hydrogen-bond acceptors (Lipinski definition) is 4. The van der Waals surface area contributed by atoms with Gasteiger partial charge in [-0.1, -0.05) is 12.1 Å². The molecule has 0 saturated carbocycles. The minimum Gasteiger partial charge on any atom is -0.507 e. The molecule has 21 heavy (non-hydrogen) atoms. The first-order chi connectivity index (χ1) is 10.2. The normalized spacial score (nSPS) is 13.3. The molecule has 2 aromatic rings. The molecule has 1 N–H and O–H groups in total. The molecule has 0 fully saturated rings. The molecule has 0 spiro atoms. The molecule has 0 radical (unpaired) electrons. The molecular weight excluding hydrogens is 266 g/mol. The summed E-state index contributed by atoms with van der Waals surface area (Å²) in [6.45, 7) is 0.701. The number of phenols is 1. The van der Waals surface area contributed by atoms with E-state index in [2.05, 4.69) is 4.99 Å². The fraction of sp³-hybridized carbons (Fsp3) is 0.235. The van der Waals surface area contributed by atoms with Gasteiger partial charge < -0.3 is 14.6 Å². The van der Waals surface area contributed by atoms with Crippen molar-refractivity contribution in [2.75, 3.05) is 20.8 Å². The van der Waals surface area contributed by atoms with Crippen LogP contribution in [0.15, 0.2) is 41.4 Å². The van der Waals surface area contributed by atoms with Crippen LogP contribution < -0.4 is 9.47 Å². The summed E-state index contributed by atoms with van der Waals surface area (Å²) in [5, 5.41) is 10.1. The molecule has 0 saturated heterocycles. The number of ether oxygens (including phenoxy) is 2. The topological polar surface area (TPSA) is 51.0 Å². The van der Waals surface area contributed by atoms with Gasteiger partial charge in [0.15, 0.2) is 11.5 Å². The van der Waals surface area contributed by atoms with Crippen LogP contribution in [0.25, 0.3) is 0 Å². The van der Waals surface area contributed by atoms with Crippen molar-refractivity contribution in [2.45, 2.75) is 6.42 Å². The van der Waals surface area contributed by atoms with Gasteiger partial charge in [-0.2, -0.15) is 0 Å². The molecule has 0 bridgehead atoms. The standard InChI is InChI=1S/C17H17NO3/c1-20-15-9-11-7-8-18-17(13(11)10-16(15)21-2)12-5-3-4-6-14(12)19/h3-6,9-10,19H,7-8H2,1-2H3. The first-order valence-corrected chi connectivity index (χ1v) is 6.82. The van der Waals surface area contributed by atoms with E-state index < -0.39 is 0 Å². The molecule has 1 aliphatic rings. The van der Waals surface area contributed by atoms with Gasteiger partial charge >= 0.3 is 0 Å². The van der Waals surface area contributed by atoms with E-state index in [1.165, 1.54) is 0 Å². The third kappa shape index (κ3) is 2.33. The van der Waals surface area contributed by atoms with Gasteiger partial charge in [0.05, 0.1) is 19.9 Å². The number of hydrogen-bond donors (Lipinski definition) is 1. The van der Waals surface area contributed by atoms with Crippen molar-refractivity contribution < 1.29 is 14.6 Å². The van der Waals surface area contributed by atoms with Crippen LogP contribution >= 0.6 is 0 Å². The quantitative estimate of drug-likeness (QED) is 0.942. The number of rotatable bonds is 3. The van der Waals surface area contributed by atoms with Gasteiger partial charge in [0, 0.05) is 17.7 Å². The molecule has 3 rings (SSSR count). The predicted octanol–water partition coefficient (Wildman–Crippen LogP) is 2.80. The second kappa shape index (κ2) is 5.48. The SMILES string of the molecule is COc1cc2c(cc1OC)C(c1ccccc1O)=NCC2. The Labute approximate surface area is 123 Å². The summed E-state index contributed by atoms with van der Waals surface area (Å²) in [7, 11) is 3.25. The fourth-order valence-electron chi connectivity index (χ4n) is 2.63. The van der Waals surface area contributed by atoms with Crippen LogP contribution in [0, 0.1) is 0 Å². The largest absolute Gasteiger partial charge is 0.507 e. The lowest BCUT2D eigenvalue weighted by Crippen LogP contribution is -2.15. The zero-order valence-corrected chi connectivity index (χ0v) is 12.1. The van der Waals surface area contributed by atoms with E-state index in [9.17, 15) is 5.11 Å². The monoisotopic (exact) mass is 283 g/mol. The summed E-state index contributed by atoms with van der Waals surface area (Å²) in [6, 6.07) is 11.2. The number of para-hydroxylation sites is 1. The zero-order chi connectivity index (χ0) is 14.8. The molecule has 4 nitrogen and oxygen atoms in total. The number of phenolic OH excluding ortho intramolecular Hbond substituents is 1. The van der Waals surface area contributed by atoms with Gasteiger partial charge in [-0.05, 0) is 36.2 Å². The number of aromatic hydroxyl groups is 1. The molecule has 1 aliphatic heterocycles. The molecular formula is C17H17NO3. The molecule has 0 unspecified atom stereocenters. The number of nitrogens with zero attached hydrogens (tertiary/aromatic N) is 1. The Morgan fingerprint density at radius 3 is 2.43 bits per heavy atom. The third-order valence-electron chi connectivity index (χ3n) is 3.67. The molecule has 1 heterocycles. The van der Waals surface area contributed by atoms with E-state index >= 15 is 0 Å². The van der Waals surface area contributed by atoms with E-state index in [0.29, 0.717) is 12.3 Å². The van der Waals surface area contributed by atoms with Gasteiger partial charge in [-0.25, -0.2) is 0 Å². The Bertz CT molecular complexity index is 707. The molecule has 0 atom stereocenters. The van der Waals surface area contributed by atoms with Crippen LogP contribution in [0.3, 0.4) is 0 Å². The number of methoxy groups -OCH3 is 2. The summed E-state index contributed by atoms with van der Waals surface area (Å²) in [5.41, 5.74) is 3.68. The lowest BCUT2D eigenvalue weighted by Gasteiger charge is -2.20. The Balaban J connectivity index is 2.16. The van der Waals surface area contributed by atoms with Crippen LogP contribution in [-0.4, -0.2) is 31.6 Å². The third-order valence-corrected chi connectivity index (χ3v) is 3.67. The highest BCUT2D eigenvalue weighted by Gasteiger charge is 2.21. The van der Waals surface area contributed by atoms with Crippen molar-refractivity contribution in [1.82, 2.24) is 0 Å². The number of benzene rings is 2. The van der Waals surface area contributed by atoms with Crippen molar-refractivity contribution in [3.63, 3.8) is 0 Å². The second-order valence-electron chi connectivity index (χ2n) is 4.86. The number of fused-ring (bicyclic) bond motifs is 1. The van der Waals surface area contributed by atoms with E-state index in [0.717, 1.165) is 34.6 Å². The van der Waals surface area contributed by atoms with Crippen LogP contribution in [0.1, 0.15) is 16.7 Å².